The predicted molar refractivity (Wildman–Crippen MR) is 119 cm³/mol. The largest absolute Gasteiger partial charge is 0.348 e. The maximum atomic E-state index is 12.6. The second kappa shape index (κ2) is 10.1. The Hall–Kier alpha value is -1.39. The SMILES string of the molecule is CC(NC(=O)CN1CCN(CC2CCCCC2)CC1)c1ccc2c(c1)CCCC2. The smallest absolute Gasteiger partial charge is 0.234 e. The Labute approximate surface area is 177 Å². The van der Waals surface area contributed by atoms with E-state index in [0.717, 1.165) is 32.1 Å². The minimum atomic E-state index is 0.0855. The average molecular weight is 398 g/mol. The van der Waals surface area contributed by atoms with E-state index in [4.69, 9.17) is 0 Å². The first-order valence-electron chi connectivity index (χ1n) is 12.0. The lowest BCUT2D eigenvalue weighted by Crippen LogP contribution is -2.50. The standard InChI is InChI=1S/C25H39N3O/c1-20(23-12-11-22-9-5-6-10-24(22)17-23)26-25(29)19-28-15-13-27(14-16-28)18-21-7-3-2-4-8-21/h11-12,17,20-21H,2-10,13-16,18-19H2,1H3,(H,26,29). The van der Waals surface area contributed by atoms with E-state index in [0.29, 0.717) is 6.54 Å². The number of carbonyl (C=O) groups excluding carboxylic acids is 1. The summed E-state index contributed by atoms with van der Waals surface area (Å²) in [6.45, 7) is 8.20. The van der Waals surface area contributed by atoms with Gasteiger partial charge in [0.25, 0.3) is 0 Å². The number of rotatable bonds is 6. The van der Waals surface area contributed by atoms with Crippen molar-refractivity contribution in [2.75, 3.05) is 39.3 Å². The lowest BCUT2D eigenvalue weighted by molar-refractivity contribution is -0.123. The lowest BCUT2D eigenvalue weighted by atomic mass is 9.89. The van der Waals surface area contributed by atoms with E-state index in [1.165, 1.54) is 81.0 Å². The van der Waals surface area contributed by atoms with E-state index in [1.807, 2.05) is 0 Å². The molecular formula is C25H39N3O. The Morgan fingerprint density at radius 2 is 1.66 bits per heavy atom. The van der Waals surface area contributed by atoms with Crippen LogP contribution in [0.4, 0.5) is 0 Å². The Balaban J connectivity index is 1.20. The normalized spacial score (nSPS) is 22.8. The summed E-state index contributed by atoms with van der Waals surface area (Å²) < 4.78 is 0. The third-order valence-corrected chi connectivity index (χ3v) is 7.32. The maximum absolute atomic E-state index is 12.6. The molecule has 2 fully saturated rings. The number of hydrogen-bond donors (Lipinski definition) is 1. The summed E-state index contributed by atoms with van der Waals surface area (Å²) in [5.74, 6) is 1.08. The molecular weight excluding hydrogens is 358 g/mol. The van der Waals surface area contributed by atoms with E-state index in [2.05, 4.69) is 40.2 Å². The molecule has 1 saturated carbocycles. The van der Waals surface area contributed by atoms with E-state index in [9.17, 15) is 4.79 Å². The van der Waals surface area contributed by atoms with Crippen LogP contribution >= 0.6 is 0 Å². The first-order chi connectivity index (χ1) is 14.2. The van der Waals surface area contributed by atoms with Gasteiger partial charge in [-0.15, -0.1) is 0 Å². The number of aryl methyl sites for hydroxylation is 2. The van der Waals surface area contributed by atoms with Crippen molar-refractivity contribution < 1.29 is 4.79 Å². The first-order valence-corrected chi connectivity index (χ1v) is 12.0. The van der Waals surface area contributed by atoms with Crippen LogP contribution in [-0.2, 0) is 17.6 Å². The highest BCUT2D eigenvalue weighted by Crippen LogP contribution is 2.26. The molecule has 1 aromatic rings. The fourth-order valence-corrected chi connectivity index (χ4v) is 5.46. The first kappa shape index (κ1) is 20.9. The molecule has 1 unspecified atom stereocenters. The van der Waals surface area contributed by atoms with Gasteiger partial charge in [-0.3, -0.25) is 9.69 Å². The maximum Gasteiger partial charge on any atom is 0.234 e. The molecule has 0 aromatic heterocycles. The van der Waals surface area contributed by atoms with Crippen molar-refractivity contribution in [1.82, 2.24) is 15.1 Å². The molecule has 2 aliphatic carbocycles. The van der Waals surface area contributed by atoms with Gasteiger partial charge in [-0.2, -0.15) is 0 Å². The van der Waals surface area contributed by atoms with Gasteiger partial charge in [0, 0.05) is 32.7 Å². The molecule has 1 aliphatic heterocycles. The van der Waals surface area contributed by atoms with Crippen molar-refractivity contribution in [3.05, 3.63) is 34.9 Å². The monoisotopic (exact) mass is 397 g/mol. The van der Waals surface area contributed by atoms with Crippen LogP contribution in [0.2, 0.25) is 0 Å². The van der Waals surface area contributed by atoms with Gasteiger partial charge in [-0.1, -0.05) is 37.5 Å². The number of nitrogens with one attached hydrogen (secondary N) is 1. The van der Waals surface area contributed by atoms with E-state index in [1.54, 1.807) is 0 Å². The third kappa shape index (κ3) is 5.82. The summed E-state index contributed by atoms with van der Waals surface area (Å²) in [5.41, 5.74) is 4.24. The van der Waals surface area contributed by atoms with Crippen molar-refractivity contribution in [2.45, 2.75) is 70.8 Å². The molecule has 29 heavy (non-hydrogen) atoms. The number of benzene rings is 1. The van der Waals surface area contributed by atoms with Gasteiger partial charge in [0.15, 0.2) is 0 Å². The zero-order valence-electron chi connectivity index (χ0n) is 18.3. The Bertz CT molecular complexity index is 675. The van der Waals surface area contributed by atoms with E-state index >= 15 is 0 Å². The highest BCUT2D eigenvalue weighted by molar-refractivity contribution is 5.78. The molecule has 1 heterocycles. The number of piperazine rings is 1. The molecule has 1 amide bonds. The van der Waals surface area contributed by atoms with Crippen LogP contribution in [0.15, 0.2) is 18.2 Å². The van der Waals surface area contributed by atoms with Crippen molar-refractivity contribution in [3.8, 4) is 0 Å². The number of nitrogens with zero attached hydrogens (tertiary/aromatic N) is 2. The molecule has 4 heteroatoms. The molecule has 0 radical (unpaired) electrons. The van der Waals surface area contributed by atoms with Crippen LogP contribution in [0.1, 0.15) is 74.6 Å². The van der Waals surface area contributed by atoms with Gasteiger partial charge in [0.05, 0.1) is 12.6 Å². The molecule has 0 bridgehead atoms. The minimum absolute atomic E-state index is 0.0855. The average Bonchev–Trinajstić information content (AvgIpc) is 2.75. The molecule has 0 spiro atoms. The van der Waals surface area contributed by atoms with Crippen LogP contribution in [0, 0.1) is 5.92 Å². The molecule has 3 aliphatic rings. The quantitative estimate of drug-likeness (QED) is 0.790. The molecule has 1 saturated heterocycles. The van der Waals surface area contributed by atoms with Crippen LogP contribution in [0.5, 0.6) is 0 Å². The van der Waals surface area contributed by atoms with Crippen LogP contribution in [-0.4, -0.2) is 55.0 Å². The van der Waals surface area contributed by atoms with Gasteiger partial charge in [-0.05, 0) is 68.1 Å². The van der Waals surface area contributed by atoms with E-state index < -0.39 is 0 Å². The number of hydrogen-bond acceptors (Lipinski definition) is 3. The summed E-state index contributed by atoms with van der Waals surface area (Å²) in [6.07, 6.45) is 12.1. The Morgan fingerprint density at radius 1 is 0.966 bits per heavy atom. The summed E-state index contributed by atoms with van der Waals surface area (Å²) in [5, 5.41) is 3.23. The van der Waals surface area contributed by atoms with Crippen LogP contribution in [0.25, 0.3) is 0 Å². The molecule has 1 aromatic carbocycles. The Kier molecular flexibility index (Phi) is 7.25. The van der Waals surface area contributed by atoms with Crippen molar-refractivity contribution in [1.29, 1.82) is 0 Å². The zero-order chi connectivity index (χ0) is 20.1. The predicted octanol–water partition coefficient (Wildman–Crippen LogP) is 3.94. The summed E-state index contributed by atoms with van der Waals surface area (Å²) in [6, 6.07) is 6.89. The summed E-state index contributed by atoms with van der Waals surface area (Å²) >= 11 is 0. The third-order valence-electron chi connectivity index (χ3n) is 7.32. The van der Waals surface area contributed by atoms with Crippen LogP contribution < -0.4 is 5.32 Å². The second-order valence-corrected chi connectivity index (χ2v) is 9.61. The summed E-state index contributed by atoms with van der Waals surface area (Å²) in [7, 11) is 0. The minimum Gasteiger partial charge on any atom is -0.348 e. The highest BCUT2D eigenvalue weighted by Gasteiger charge is 2.23. The van der Waals surface area contributed by atoms with Gasteiger partial charge >= 0.3 is 0 Å². The van der Waals surface area contributed by atoms with Crippen molar-refractivity contribution >= 4 is 5.91 Å². The topological polar surface area (TPSA) is 35.6 Å². The summed E-state index contributed by atoms with van der Waals surface area (Å²) in [4.78, 5) is 17.6. The van der Waals surface area contributed by atoms with Gasteiger partial charge < -0.3 is 10.2 Å². The molecule has 1 N–H and O–H groups in total. The number of amides is 1. The van der Waals surface area contributed by atoms with Gasteiger partial charge in [-0.25, -0.2) is 0 Å². The fraction of sp³-hybridized carbons (Fsp3) is 0.720. The Morgan fingerprint density at radius 3 is 2.41 bits per heavy atom. The van der Waals surface area contributed by atoms with Gasteiger partial charge in [0.1, 0.15) is 0 Å². The molecule has 4 rings (SSSR count). The van der Waals surface area contributed by atoms with Crippen molar-refractivity contribution in [2.24, 2.45) is 5.92 Å². The number of fused-ring (bicyclic) bond motifs is 1. The highest BCUT2D eigenvalue weighted by atomic mass is 16.2. The second-order valence-electron chi connectivity index (χ2n) is 9.61. The van der Waals surface area contributed by atoms with Gasteiger partial charge in [0.2, 0.25) is 5.91 Å². The number of carbonyl (C=O) groups is 1. The van der Waals surface area contributed by atoms with Crippen LogP contribution in [0.3, 0.4) is 0 Å². The molecule has 160 valence electrons. The fourth-order valence-electron chi connectivity index (χ4n) is 5.46. The zero-order valence-corrected chi connectivity index (χ0v) is 18.3. The molecule has 1 atom stereocenters. The molecule has 4 nitrogen and oxygen atoms in total. The van der Waals surface area contributed by atoms with Crippen molar-refractivity contribution in [3.63, 3.8) is 0 Å². The van der Waals surface area contributed by atoms with E-state index in [-0.39, 0.29) is 11.9 Å². The lowest BCUT2D eigenvalue weighted by Gasteiger charge is -2.37.